The minimum absolute atomic E-state index is 0. The zero-order valence-corrected chi connectivity index (χ0v) is 16.7. The summed E-state index contributed by atoms with van der Waals surface area (Å²) in [5.41, 5.74) is 4.28. The average molecular weight is 359 g/mol. The summed E-state index contributed by atoms with van der Waals surface area (Å²) in [5, 5.41) is 9.40. The molecule has 0 saturated heterocycles. The third-order valence-electron chi connectivity index (χ3n) is 4.81. The summed E-state index contributed by atoms with van der Waals surface area (Å²) in [6.07, 6.45) is 14.8. The van der Waals surface area contributed by atoms with Gasteiger partial charge in [0.1, 0.15) is 0 Å². The summed E-state index contributed by atoms with van der Waals surface area (Å²) in [5.74, 6) is -1.46. The molecule has 150 valence electrons. The Kier molecular flexibility index (Phi) is 17.4. The number of unbranched alkanes of at least 4 members (excludes halogenated alkanes) is 11. The van der Waals surface area contributed by atoms with E-state index >= 15 is 0 Å². The van der Waals surface area contributed by atoms with Crippen LogP contribution in [0.5, 0.6) is 0 Å². The number of rotatable bonds is 17. The Morgan fingerprint density at radius 1 is 0.760 bits per heavy atom. The monoisotopic (exact) mass is 358 g/mol. The lowest BCUT2D eigenvalue weighted by Crippen LogP contribution is -2.54. The molecule has 0 saturated carbocycles. The summed E-state index contributed by atoms with van der Waals surface area (Å²) in [6, 6.07) is 0. The van der Waals surface area contributed by atoms with Crippen LogP contribution in [0.15, 0.2) is 0 Å². The van der Waals surface area contributed by atoms with E-state index < -0.39 is 11.5 Å². The molecule has 0 aromatic carbocycles. The number of hydrogen-bond acceptors (Lipinski definition) is 4. The van der Waals surface area contributed by atoms with Gasteiger partial charge in [-0.25, -0.2) is 4.79 Å². The van der Waals surface area contributed by atoms with Gasteiger partial charge in [0, 0.05) is 6.42 Å². The Morgan fingerprint density at radius 2 is 1.16 bits per heavy atom. The molecule has 1 unspecified atom stereocenters. The summed E-state index contributed by atoms with van der Waals surface area (Å²) in [6.45, 7) is 4.35. The van der Waals surface area contributed by atoms with Gasteiger partial charge in [0.05, 0.1) is 0 Å². The molecule has 0 aliphatic rings. The van der Waals surface area contributed by atoms with Gasteiger partial charge in [0.25, 0.3) is 0 Å². The molecule has 0 heterocycles. The molecule has 0 aliphatic heterocycles. The van der Waals surface area contributed by atoms with Crippen molar-refractivity contribution in [2.24, 2.45) is 5.73 Å². The normalized spacial score (nSPS) is 13.1. The van der Waals surface area contributed by atoms with Crippen LogP contribution in [0.2, 0.25) is 0 Å². The first-order valence-corrected chi connectivity index (χ1v) is 10.0. The van der Waals surface area contributed by atoms with Crippen molar-refractivity contribution in [3.63, 3.8) is 0 Å². The number of aliphatic carboxylic acids is 1. The SMILES string of the molecule is CCCCCCCCCCC(N)(C(=O)O)C(=O)CCCCCCC.N. The fraction of sp³-hybridized carbons (Fsp3) is 0.900. The number of hydrogen-bond donors (Lipinski definition) is 3. The maximum Gasteiger partial charge on any atom is 0.331 e. The maximum atomic E-state index is 12.3. The minimum Gasteiger partial charge on any atom is -0.480 e. The molecule has 0 aliphatic carbocycles. The van der Waals surface area contributed by atoms with Gasteiger partial charge in [-0.05, 0) is 12.8 Å². The third kappa shape index (κ3) is 12.1. The molecule has 5 heteroatoms. The second-order valence-corrected chi connectivity index (χ2v) is 7.09. The Labute approximate surface area is 154 Å². The van der Waals surface area contributed by atoms with Crippen molar-refractivity contribution in [3.05, 3.63) is 0 Å². The smallest absolute Gasteiger partial charge is 0.331 e. The fourth-order valence-corrected chi connectivity index (χ4v) is 3.02. The zero-order valence-electron chi connectivity index (χ0n) is 16.7. The van der Waals surface area contributed by atoms with Gasteiger partial charge in [-0.1, -0.05) is 90.9 Å². The highest BCUT2D eigenvalue weighted by Crippen LogP contribution is 2.19. The van der Waals surface area contributed by atoms with Gasteiger partial charge < -0.3 is 17.0 Å². The second kappa shape index (κ2) is 16.5. The maximum absolute atomic E-state index is 12.3. The van der Waals surface area contributed by atoms with Gasteiger partial charge >= 0.3 is 5.97 Å². The van der Waals surface area contributed by atoms with Crippen LogP contribution in [-0.2, 0) is 9.59 Å². The van der Waals surface area contributed by atoms with E-state index in [1.165, 1.54) is 38.5 Å². The molecule has 6 N–H and O–H groups in total. The molecule has 1 atom stereocenters. The van der Waals surface area contributed by atoms with Crippen molar-refractivity contribution in [1.82, 2.24) is 6.15 Å². The van der Waals surface area contributed by atoms with Crippen molar-refractivity contribution in [1.29, 1.82) is 0 Å². The van der Waals surface area contributed by atoms with E-state index in [9.17, 15) is 14.7 Å². The van der Waals surface area contributed by atoms with Crippen molar-refractivity contribution in [2.75, 3.05) is 0 Å². The van der Waals surface area contributed by atoms with E-state index in [4.69, 9.17) is 5.73 Å². The highest BCUT2D eigenvalue weighted by molar-refractivity contribution is 6.07. The van der Waals surface area contributed by atoms with Crippen LogP contribution in [0.4, 0.5) is 0 Å². The first-order chi connectivity index (χ1) is 11.5. The molecule has 0 bridgehead atoms. The fourth-order valence-electron chi connectivity index (χ4n) is 3.02. The van der Waals surface area contributed by atoms with E-state index in [1.807, 2.05) is 0 Å². The molecule has 0 aromatic heterocycles. The van der Waals surface area contributed by atoms with Crippen molar-refractivity contribution >= 4 is 11.8 Å². The van der Waals surface area contributed by atoms with Crippen molar-refractivity contribution < 1.29 is 14.7 Å². The molecular weight excluding hydrogens is 316 g/mol. The van der Waals surface area contributed by atoms with E-state index in [0.29, 0.717) is 6.42 Å². The Morgan fingerprint density at radius 3 is 1.60 bits per heavy atom. The number of nitrogens with two attached hydrogens (primary N) is 1. The van der Waals surface area contributed by atoms with Crippen LogP contribution < -0.4 is 11.9 Å². The Hall–Kier alpha value is -0.940. The van der Waals surface area contributed by atoms with Crippen LogP contribution in [0.25, 0.3) is 0 Å². The summed E-state index contributed by atoms with van der Waals surface area (Å²) < 4.78 is 0. The summed E-state index contributed by atoms with van der Waals surface area (Å²) in [7, 11) is 0. The molecule has 0 fully saturated rings. The van der Waals surface area contributed by atoms with Crippen LogP contribution in [-0.4, -0.2) is 22.4 Å². The highest BCUT2D eigenvalue weighted by atomic mass is 16.4. The minimum atomic E-state index is -1.67. The standard InChI is InChI=1S/C20H39NO3.H3N/c1-3-5-7-9-10-11-13-15-17-20(21,19(23)24)18(22)16-14-12-8-6-4-2;/h3-17,21H2,1-2H3,(H,23,24);1H3. The molecule has 5 nitrogen and oxygen atoms in total. The van der Waals surface area contributed by atoms with Crippen LogP contribution in [0.3, 0.4) is 0 Å². The first kappa shape index (κ1) is 26.3. The van der Waals surface area contributed by atoms with Gasteiger partial charge in [-0.3, -0.25) is 4.79 Å². The van der Waals surface area contributed by atoms with Gasteiger partial charge in [-0.15, -0.1) is 0 Å². The molecular formula is C20H42N2O3. The van der Waals surface area contributed by atoms with Crippen molar-refractivity contribution in [2.45, 2.75) is 116 Å². The zero-order chi connectivity index (χ0) is 18.3. The molecule has 0 rings (SSSR count). The first-order valence-electron chi connectivity index (χ1n) is 10.0. The highest BCUT2D eigenvalue weighted by Gasteiger charge is 2.40. The topological polar surface area (TPSA) is 115 Å². The number of ketones is 1. The Bertz CT molecular complexity index is 348. The van der Waals surface area contributed by atoms with Gasteiger partial charge in [0.2, 0.25) is 0 Å². The lowest BCUT2D eigenvalue weighted by molar-refractivity contribution is -0.148. The quantitative estimate of drug-likeness (QED) is 0.238. The van der Waals surface area contributed by atoms with Crippen LogP contribution in [0.1, 0.15) is 110 Å². The van der Waals surface area contributed by atoms with E-state index in [1.54, 1.807) is 0 Å². The van der Waals surface area contributed by atoms with Crippen LogP contribution in [0, 0.1) is 0 Å². The van der Waals surface area contributed by atoms with Gasteiger partial charge in [0.15, 0.2) is 11.3 Å². The number of carboxylic acids is 1. The van der Waals surface area contributed by atoms with E-state index in [0.717, 1.165) is 44.9 Å². The molecule has 0 amide bonds. The third-order valence-corrected chi connectivity index (χ3v) is 4.81. The predicted octanol–water partition coefficient (Wildman–Crippen LogP) is 5.39. The van der Waals surface area contributed by atoms with Crippen LogP contribution >= 0.6 is 0 Å². The number of carbonyl (C=O) groups is 2. The van der Waals surface area contributed by atoms with Gasteiger partial charge in [-0.2, -0.15) is 0 Å². The number of carbonyl (C=O) groups excluding carboxylic acids is 1. The largest absolute Gasteiger partial charge is 0.480 e. The number of carboxylic acid groups (broad SMARTS) is 1. The van der Waals surface area contributed by atoms with E-state index in [-0.39, 0.29) is 18.4 Å². The lowest BCUT2D eigenvalue weighted by Gasteiger charge is -2.23. The predicted molar refractivity (Wildman–Crippen MR) is 105 cm³/mol. The Balaban J connectivity index is 0. The second-order valence-electron chi connectivity index (χ2n) is 7.09. The lowest BCUT2D eigenvalue weighted by atomic mass is 9.86. The summed E-state index contributed by atoms with van der Waals surface area (Å²) in [4.78, 5) is 23.8. The number of Topliss-reactive ketones (excluding diaryl/α,β-unsaturated/α-hetero) is 1. The molecule has 0 aromatic rings. The molecule has 0 spiro atoms. The average Bonchev–Trinajstić information content (AvgIpc) is 2.56. The van der Waals surface area contributed by atoms with Crippen molar-refractivity contribution in [3.8, 4) is 0 Å². The molecule has 0 radical (unpaired) electrons. The summed E-state index contributed by atoms with van der Waals surface area (Å²) >= 11 is 0. The van der Waals surface area contributed by atoms with E-state index in [2.05, 4.69) is 13.8 Å². The molecule has 25 heavy (non-hydrogen) atoms.